The van der Waals surface area contributed by atoms with E-state index in [1.807, 2.05) is 97.1 Å². The van der Waals surface area contributed by atoms with E-state index >= 15 is 0 Å². The molecule has 15 rings (SSSR count). The van der Waals surface area contributed by atoms with Gasteiger partial charge in [0.2, 0.25) is 0 Å². The first-order valence-electron chi connectivity index (χ1n) is 27.9. The molecule has 12 aromatic carbocycles. The molecular weight excluding hydrogens is 1020 g/mol. The lowest BCUT2D eigenvalue weighted by Crippen LogP contribution is -2.06. The summed E-state index contributed by atoms with van der Waals surface area (Å²) in [5, 5.41) is 24.9. The number of nitrogens with zero attached hydrogens (tertiary/aromatic N) is 7. The monoisotopic (exact) mass is 1070 g/mol. The molecule has 15 aromatic rings. The minimum absolute atomic E-state index is 0.409. The van der Waals surface area contributed by atoms with Crippen LogP contribution in [0.15, 0.2) is 285 Å². The topological polar surface area (TPSA) is 96.1 Å². The van der Waals surface area contributed by atoms with Gasteiger partial charge in [0, 0.05) is 38.2 Å². The lowest BCUT2D eigenvalue weighted by molar-refractivity contribution is 1.06. The van der Waals surface area contributed by atoms with Crippen molar-refractivity contribution in [3.05, 3.63) is 296 Å². The highest BCUT2D eigenvalue weighted by Gasteiger charge is 2.25. The fourth-order valence-corrected chi connectivity index (χ4v) is 11.9. The summed E-state index contributed by atoms with van der Waals surface area (Å²) in [6, 6.07) is 104. The molecule has 0 fully saturated rings. The lowest BCUT2D eigenvalue weighted by Gasteiger charge is -2.18. The van der Waals surface area contributed by atoms with Crippen LogP contribution in [0.4, 0.5) is 0 Å². The first kappa shape index (κ1) is 49.3. The standard InChI is InChI=1S/C77H47N7/c78-48-50-26-29-56(30-27-50)62-31-36-63(74(47-62)84-71-40-34-60(54-20-10-3-11-21-54)45-66(71)67-46-61(35-41-72(67)84)55-22-12-4-13-23-55)76-80-75(57-24-14-5-15-25-57)81-77(82-76)68-42-51(49-79)28-37-73(68)83-69-38-32-58(52-16-6-1-7-17-52)43-64(69)65-44-59(33-39-70(65)83)53-18-8-2-9-19-53/h1-47H. The van der Waals surface area contributed by atoms with E-state index < -0.39 is 0 Å². The van der Waals surface area contributed by atoms with E-state index in [1.54, 1.807) is 0 Å². The van der Waals surface area contributed by atoms with Gasteiger partial charge in [-0.25, -0.2) is 15.0 Å². The van der Waals surface area contributed by atoms with Crippen LogP contribution in [0.1, 0.15) is 11.1 Å². The average Bonchev–Trinajstić information content (AvgIpc) is 1.81. The smallest absolute Gasteiger partial charge is 0.166 e. The Morgan fingerprint density at radius 2 is 0.560 bits per heavy atom. The van der Waals surface area contributed by atoms with E-state index in [0.717, 1.165) is 122 Å². The molecular formula is C77H47N7. The molecule has 0 unspecified atom stereocenters. The molecule has 0 N–H and O–H groups in total. The van der Waals surface area contributed by atoms with E-state index in [2.05, 4.69) is 209 Å². The number of nitriles is 2. The van der Waals surface area contributed by atoms with Gasteiger partial charge in [-0.15, -0.1) is 0 Å². The minimum atomic E-state index is 0.409. The van der Waals surface area contributed by atoms with Crippen LogP contribution in [-0.4, -0.2) is 24.1 Å². The number of hydrogen-bond donors (Lipinski definition) is 0. The molecule has 0 amide bonds. The molecule has 7 nitrogen and oxygen atoms in total. The highest BCUT2D eigenvalue weighted by atomic mass is 15.1. The Hall–Kier alpha value is -11.8. The van der Waals surface area contributed by atoms with Crippen LogP contribution in [0.2, 0.25) is 0 Å². The van der Waals surface area contributed by atoms with Crippen LogP contribution in [0.5, 0.6) is 0 Å². The minimum Gasteiger partial charge on any atom is -0.308 e. The SMILES string of the molecule is N#Cc1ccc(-c2ccc(-c3nc(-c4ccccc4)nc(-c4cc(C#N)ccc4-n4c5ccc(-c6ccccc6)cc5c5cc(-c6ccccc6)ccc54)n3)c(-n3c4ccc(-c5ccccc5)cc4c4cc(-c5ccccc5)ccc43)c2)cc1. The van der Waals surface area contributed by atoms with Crippen LogP contribution >= 0.6 is 0 Å². The molecule has 0 radical (unpaired) electrons. The van der Waals surface area contributed by atoms with E-state index in [1.165, 1.54) is 0 Å². The molecule has 84 heavy (non-hydrogen) atoms. The zero-order chi connectivity index (χ0) is 56.1. The van der Waals surface area contributed by atoms with Gasteiger partial charge in [-0.2, -0.15) is 10.5 Å². The molecule has 0 saturated carbocycles. The Bertz CT molecular complexity index is 4920. The van der Waals surface area contributed by atoms with Crippen molar-refractivity contribution in [1.29, 1.82) is 10.5 Å². The third-order valence-corrected chi connectivity index (χ3v) is 16.1. The molecule has 390 valence electrons. The van der Waals surface area contributed by atoms with Crippen molar-refractivity contribution in [2.45, 2.75) is 0 Å². The third-order valence-electron chi connectivity index (χ3n) is 16.1. The molecule has 0 aliphatic rings. The summed E-state index contributed by atoms with van der Waals surface area (Å²) in [4.78, 5) is 16.4. The summed E-state index contributed by atoms with van der Waals surface area (Å²) in [5.74, 6) is 1.34. The molecule has 0 saturated heterocycles. The van der Waals surface area contributed by atoms with Gasteiger partial charge in [0.15, 0.2) is 17.5 Å². The van der Waals surface area contributed by atoms with Crippen molar-refractivity contribution >= 4 is 43.6 Å². The summed E-state index contributed by atoms with van der Waals surface area (Å²) in [6.07, 6.45) is 0. The summed E-state index contributed by atoms with van der Waals surface area (Å²) in [6.45, 7) is 0. The van der Waals surface area contributed by atoms with Crippen LogP contribution < -0.4 is 0 Å². The van der Waals surface area contributed by atoms with Crippen LogP contribution in [0, 0.1) is 22.7 Å². The second-order valence-corrected chi connectivity index (χ2v) is 21.0. The number of rotatable bonds is 10. The maximum absolute atomic E-state index is 10.7. The lowest BCUT2D eigenvalue weighted by atomic mass is 10.00. The van der Waals surface area contributed by atoms with Crippen molar-refractivity contribution in [1.82, 2.24) is 24.1 Å². The molecule has 0 aliphatic carbocycles. The van der Waals surface area contributed by atoms with Crippen molar-refractivity contribution in [2.24, 2.45) is 0 Å². The summed E-state index contributed by atoms with van der Waals surface area (Å²) in [7, 11) is 0. The van der Waals surface area contributed by atoms with E-state index in [4.69, 9.17) is 15.0 Å². The molecule has 0 spiro atoms. The maximum Gasteiger partial charge on any atom is 0.166 e. The number of aromatic nitrogens is 5. The first-order chi connectivity index (χ1) is 41.5. The second-order valence-electron chi connectivity index (χ2n) is 21.0. The molecule has 3 heterocycles. The normalized spacial score (nSPS) is 11.3. The largest absolute Gasteiger partial charge is 0.308 e. The Kier molecular flexibility index (Phi) is 12.2. The summed E-state index contributed by atoms with van der Waals surface area (Å²) >= 11 is 0. The van der Waals surface area contributed by atoms with Gasteiger partial charge in [0.25, 0.3) is 0 Å². The van der Waals surface area contributed by atoms with Crippen molar-refractivity contribution in [3.63, 3.8) is 0 Å². The van der Waals surface area contributed by atoms with Crippen molar-refractivity contribution < 1.29 is 0 Å². The van der Waals surface area contributed by atoms with Crippen LogP contribution in [-0.2, 0) is 0 Å². The number of hydrogen-bond acceptors (Lipinski definition) is 5. The summed E-state index contributed by atoms with van der Waals surface area (Å²) in [5.41, 5.74) is 19.8. The third kappa shape index (κ3) is 8.74. The van der Waals surface area contributed by atoms with Gasteiger partial charge in [-0.05, 0) is 147 Å². The predicted molar refractivity (Wildman–Crippen MR) is 341 cm³/mol. The Labute approximate surface area is 485 Å². The van der Waals surface area contributed by atoms with E-state index in [-0.39, 0.29) is 0 Å². The number of fused-ring (bicyclic) bond motifs is 6. The van der Waals surface area contributed by atoms with Gasteiger partial charge in [0.1, 0.15) is 0 Å². The first-order valence-corrected chi connectivity index (χ1v) is 27.9. The molecule has 7 heteroatoms. The fourth-order valence-electron chi connectivity index (χ4n) is 11.9. The zero-order valence-corrected chi connectivity index (χ0v) is 45.3. The van der Waals surface area contributed by atoms with E-state index in [0.29, 0.717) is 34.2 Å². The van der Waals surface area contributed by atoms with Crippen LogP contribution in [0.25, 0.3) is 145 Å². The Morgan fingerprint density at radius 3 is 0.976 bits per heavy atom. The summed E-state index contributed by atoms with van der Waals surface area (Å²) < 4.78 is 4.63. The molecule has 0 bridgehead atoms. The van der Waals surface area contributed by atoms with Gasteiger partial charge < -0.3 is 9.13 Å². The zero-order valence-electron chi connectivity index (χ0n) is 45.3. The highest BCUT2D eigenvalue weighted by molar-refractivity contribution is 6.13. The predicted octanol–water partition coefficient (Wildman–Crippen LogP) is 19.1. The molecule has 3 aromatic heterocycles. The van der Waals surface area contributed by atoms with Gasteiger partial charge in [0.05, 0.1) is 56.7 Å². The van der Waals surface area contributed by atoms with Gasteiger partial charge >= 0.3 is 0 Å². The van der Waals surface area contributed by atoms with Crippen molar-refractivity contribution in [3.8, 4) is 113 Å². The Morgan fingerprint density at radius 1 is 0.238 bits per heavy atom. The van der Waals surface area contributed by atoms with Gasteiger partial charge in [-0.1, -0.05) is 194 Å². The van der Waals surface area contributed by atoms with Gasteiger partial charge in [-0.3, -0.25) is 0 Å². The fraction of sp³-hybridized carbons (Fsp3) is 0. The van der Waals surface area contributed by atoms with E-state index in [9.17, 15) is 10.5 Å². The Balaban J connectivity index is 0.998. The van der Waals surface area contributed by atoms with Crippen LogP contribution in [0.3, 0.4) is 0 Å². The number of benzene rings is 12. The van der Waals surface area contributed by atoms with Crippen molar-refractivity contribution in [2.75, 3.05) is 0 Å². The average molecular weight is 1070 g/mol. The quantitative estimate of drug-likeness (QED) is 0.136. The molecule has 0 atom stereocenters. The maximum atomic E-state index is 10.7. The second kappa shape index (κ2) is 20.7. The molecule has 0 aliphatic heterocycles. The highest BCUT2D eigenvalue weighted by Crippen LogP contribution is 2.43.